The fourth-order valence-electron chi connectivity index (χ4n) is 2.34. The van der Waals surface area contributed by atoms with Crippen LogP contribution in [0.5, 0.6) is 0 Å². The fourth-order valence-corrected chi connectivity index (χ4v) is 2.70. The Morgan fingerprint density at radius 2 is 1.70 bits per heavy atom. The number of rotatable bonds is 3. The molecule has 104 valence electrons. The largest absolute Gasteiger partial charge is 0.366 e. The van der Waals surface area contributed by atoms with Crippen LogP contribution in [-0.4, -0.2) is 5.91 Å². The summed E-state index contributed by atoms with van der Waals surface area (Å²) in [6.07, 6.45) is 0. The Hall–Kier alpha value is -1.81. The summed E-state index contributed by atoms with van der Waals surface area (Å²) in [6.45, 7) is 6.16. The Kier molecular flexibility index (Phi) is 4.14. The highest BCUT2D eigenvalue weighted by molar-refractivity contribution is 9.10. The van der Waals surface area contributed by atoms with E-state index in [1.165, 1.54) is 5.56 Å². The quantitative estimate of drug-likeness (QED) is 0.884. The third kappa shape index (κ3) is 3.02. The molecule has 0 spiro atoms. The highest BCUT2D eigenvalue weighted by Crippen LogP contribution is 2.29. The van der Waals surface area contributed by atoms with Crippen LogP contribution in [0, 0.1) is 20.8 Å². The van der Waals surface area contributed by atoms with E-state index in [4.69, 9.17) is 5.73 Å². The Balaban J connectivity index is 2.48. The Morgan fingerprint density at radius 3 is 2.25 bits per heavy atom. The molecule has 0 unspecified atom stereocenters. The molecule has 1 amide bonds. The van der Waals surface area contributed by atoms with Gasteiger partial charge in [-0.3, -0.25) is 4.79 Å². The topological polar surface area (TPSA) is 55.1 Å². The van der Waals surface area contributed by atoms with Gasteiger partial charge in [0.25, 0.3) is 5.91 Å². The average molecular weight is 333 g/mol. The summed E-state index contributed by atoms with van der Waals surface area (Å²) in [7, 11) is 0. The van der Waals surface area contributed by atoms with E-state index < -0.39 is 5.91 Å². The fraction of sp³-hybridized carbons (Fsp3) is 0.188. The molecule has 0 saturated heterocycles. The van der Waals surface area contributed by atoms with Crippen LogP contribution >= 0.6 is 15.9 Å². The third-order valence-electron chi connectivity index (χ3n) is 3.18. The molecule has 20 heavy (non-hydrogen) atoms. The molecule has 0 atom stereocenters. The van der Waals surface area contributed by atoms with Crippen LogP contribution in [0.4, 0.5) is 11.4 Å². The van der Waals surface area contributed by atoms with E-state index in [2.05, 4.69) is 40.3 Å². The van der Waals surface area contributed by atoms with Crippen LogP contribution in [0.25, 0.3) is 0 Å². The molecule has 0 bridgehead atoms. The monoisotopic (exact) mass is 332 g/mol. The molecule has 0 radical (unpaired) electrons. The minimum absolute atomic E-state index is 0.448. The van der Waals surface area contributed by atoms with Gasteiger partial charge in [-0.15, -0.1) is 0 Å². The zero-order valence-electron chi connectivity index (χ0n) is 11.8. The van der Waals surface area contributed by atoms with Gasteiger partial charge in [-0.1, -0.05) is 33.6 Å². The SMILES string of the molecule is Cc1cc(C)c(Nc2ccc(Br)cc2C(N)=O)c(C)c1. The molecule has 4 heteroatoms. The summed E-state index contributed by atoms with van der Waals surface area (Å²) in [4.78, 5) is 11.5. The smallest absolute Gasteiger partial charge is 0.250 e. The van der Waals surface area contributed by atoms with E-state index in [1.54, 1.807) is 6.07 Å². The van der Waals surface area contributed by atoms with Gasteiger partial charge >= 0.3 is 0 Å². The first kappa shape index (κ1) is 14.6. The van der Waals surface area contributed by atoms with E-state index in [0.717, 1.165) is 27.0 Å². The number of nitrogens with one attached hydrogen (secondary N) is 1. The summed E-state index contributed by atoms with van der Waals surface area (Å²) in [6, 6.07) is 9.68. The van der Waals surface area contributed by atoms with Gasteiger partial charge in [0.1, 0.15) is 0 Å². The lowest BCUT2D eigenvalue weighted by molar-refractivity contribution is 0.100. The number of nitrogens with two attached hydrogens (primary N) is 1. The van der Waals surface area contributed by atoms with Gasteiger partial charge < -0.3 is 11.1 Å². The van der Waals surface area contributed by atoms with E-state index in [9.17, 15) is 4.79 Å². The molecule has 3 nitrogen and oxygen atoms in total. The first-order chi connectivity index (χ1) is 9.38. The number of primary amides is 1. The maximum Gasteiger partial charge on any atom is 0.250 e. The van der Waals surface area contributed by atoms with Gasteiger partial charge in [0.2, 0.25) is 0 Å². The number of amides is 1. The molecule has 0 saturated carbocycles. The molecule has 0 aliphatic heterocycles. The summed E-state index contributed by atoms with van der Waals surface area (Å²) in [5, 5.41) is 3.32. The Bertz CT molecular complexity index is 657. The molecule has 2 aromatic carbocycles. The lowest BCUT2D eigenvalue weighted by Crippen LogP contribution is -2.13. The molecule has 0 aliphatic rings. The maximum atomic E-state index is 11.5. The first-order valence-corrected chi connectivity index (χ1v) is 7.12. The Morgan fingerprint density at radius 1 is 1.10 bits per heavy atom. The molecule has 2 rings (SSSR count). The normalized spacial score (nSPS) is 10.4. The summed E-state index contributed by atoms with van der Waals surface area (Å²) < 4.78 is 0.828. The molecule has 2 aromatic rings. The number of hydrogen-bond acceptors (Lipinski definition) is 2. The lowest BCUT2D eigenvalue weighted by Gasteiger charge is -2.16. The second-order valence-electron chi connectivity index (χ2n) is 4.95. The second kappa shape index (κ2) is 5.67. The summed E-state index contributed by atoms with van der Waals surface area (Å²) >= 11 is 3.35. The number of carbonyl (C=O) groups excluding carboxylic acids is 1. The molecule has 3 N–H and O–H groups in total. The van der Waals surface area contributed by atoms with E-state index in [0.29, 0.717) is 5.56 Å². The Labute approximate surface area is 127 Å². The maximum absolute atomic E-state index is 11.5. The van der Waals surface area contributed by atoms with Gasteiger partial charge in [-0.05, 0) is 50.1 Å². The van der Waals surface area contributed by atoms with Gasteiger partial charge in [0.05, 0.1) is 11.3 Å². The van der Waals surface area contributed by atoms with Gasteiger partial charge in [0, 0.05) is 10.2 Å². The number of benzene rings is 2. The number of hydrogen-bond donors (Lipinski definition) is 2. The van der Waals surface area contributed by atoms with Crippen LogP contribution in [0.1, 0.15) is 27.0 Å². The van der Waals surface area contributed by atoms with Crippen molar-refractivity contribution in [3.8, 4) is 0 Å². The number of aryl methyl sites for hydroxylation is 3. The standard InChI is InChI=1S/C16H17BrN2O/c1-9-6-10(2)15(11(3)7-9)19-14-5-4-12(17)8-13(14)16(18)20/h4-8,19H,1-3H3,(H2,18,20). The highest BCUT2D eigenvalue weighted by atomic mass is 79.9. The zero-order valence-corrected chi connectivity index (χ0v) is 13.3. The number of anilines is 2. The molecular formula is C16H17BrN2O. The van der Waals surface area contributed by atoms with Crippen molar-refractivity contribution in [2.24, 2.45) is 5.73 Å². The van der Waals surface area contributed by atoms with E-state index in [-0.39, 0.29) is 0 Å². The highest BCUT2D eigenvalue weighted by Gasteiger charge is 2.11. The second-order valence-corrected chi connectivity index (χ2v) is 5.87. The summed E-state index contributed by atoms with van der Waals surface area (Å²) in [5.74, 6) is -0.448. The first-order valence-electron chi connectivity index (χ1n) is 6.32. The van der Waals surface area contributed by atoms with Crippen LogP contribution in [0.2, 0.25) is 0 Å². The van der Waals surface area contributed by atoms with Crippen LogP contribution < -0.4 is 11.1 Å². The molecule has 0 aromatic heterocycles. The average Bonchev–Trinajstić information content (AvgIpc) is 2.34. The van der Waals surface area contributed by atoms with Crippen LogP contribution in [0.3, 0.4) is 0 Å². The van der Waals surface area contributed by atoms with Crippen molar-refractivity contribution in [3.05, 3.63) is 57.1 Å². The lowest BCUT2D eigenvalue weighted by atomic mass is 10.0. The van der Waals surface area contributed by atoms with Crippen molar-refractivity contribution < 1.29 is 4.79 Å². The van der Waals surface area contributed by atoms with Crippen molar-refractivity contribution in [3.63, 3.8) is 0 Å². The number of carbonyl (C=O) groups is 1. The van der Waals surface area contributed by atoms with Gasteiger partial charge in [-0.2, -0.15) is 0 Å². The minimum Gasteiger partial charge on any atom is -0.366 e. The van der Waals surface area contributed by atoms with E-state index in [1.807, 2.05) is 26.0 Å². The van der Waals surface area contributed by atoms with Crippen LogP contribution in [-0.2, 0) is 0 Å². The molecule has 0 aliphatic carbocycles. The van der Waals surface area contributed by atoms with Crippen LogP contribution in [0.15, 0.2) is 34.8 Å². The third-order valence-corrected chi connectivity index (χ3v) is 3.68. The summed E-state index contributed by atoms with van der Waals surface area (Å²) in [5.41, 5.74) is 11.1. The van der Waals surface area contributed by atoms with Gasteiger partial charge in [0.15, 0.2) is 0 Å². The number of halogens is 1. The van der Waals surface area contributed by atoms with Crippen molar-refractivity contribution in [2.45, 2.75) is 20.8 Å². The van der Waals surface area contributed by atoms with Gasteiger partial charge in [-0.25, -0.2) is 0 Å². The minimum atomic E-state index is -0.448. The van der Waals surface area contributed by atoms with Crippen molar-refractivity contribution >= 4 is 33.2 Å². The molecule has 0 fully saturated rings. The molecule has 0 heterocycles. The molecular weight excluding hydrogens is 316 g/mol. The van der Waals surface area contributed by atoms with Crippen molar-refractivity contribution in [2.75, 3.05) is 5.32 Å². The zero-order chi connectivity index (χ0) is 14.9. The van der Waals surface area contributed by atoms with Crippen molar-refractivity contribution in [1.82, 2.24) is 0 Å². The predicted octanol–water partition coefficient (Wildman–Crippen LogP) is 4.22. The van der Waals surface area contributed by atoms with E-state index >= 15 is 0 Å². The van der Waals surface area contributed by atoms with Crippen molar-refractivity contribution in [1.29, 1.82) is 0 Å². The predicted molar refractivity (Wildman–Crippen MR) is 86.6 cm³/mol.